The molecule has 0 aliphatic rings. The molecular formula is C18H20N4O5. The van der Waals surface area contributed by atoms with Crippen LogP contribution in [0.2, 0.25) is 0 Å². The van der Waals surface area contributed by atoms with E-state index in [-0.39, 0.29) is 11.4 Å². The van der Waals surface area contributed by atoms with Crippen LogP contribution in [0.1, 0.15) is 25.8 Å². The first-order valence-corrected chi connectivity index (χ1v) is 8.31. The molecule has 0 amide bonds. The van der Waals surface area contributed by atoms with E-state index in [1.807, 2.05) is 12.1 Å². The van der Waals surface area contributed by atoms with Gasteiger partial charge in [-0.25, -0.2) is 0 Å². The Labute approximate surface area is 156 Å². The van der Waals surface area contributed by atoms with Crippen LogP contribution in [0.4, 0.5) is 17.1 Å². The van der Waals surface area contributed by atoms with Crippen molar-refractivity contribution in [1.82, 2.24) is 0 Å². The number of nitro groups is 2. The number of non-ortho nitro benzene ring substituents is 1. The molecule has 0 spiro atoms. The highest BCUT2D eigenvalue weighted by Gasteiger charge is 2.19. The van der Waals surface area contributed by atoms with E-state index >= 15 is 0 Å². The monoisotopic (exact) mass is 372 g/mol. The molecule has 0 radical (unpaired) electrons. The van der Waals surface area contributed by atoms with Gasteiger partial charge in [-0.3, -0.25) is 25.7 Å². The number of anilines is 1. The van der Waals surface area contributed by atoms with E-state index in [0.29, 0.717) is 12.5 Å². The third kappa shape index (κ3) is 6.07. The van der Waals surface area contributed by atoms with Crippen LogP contribution in [-0.2, 0) is 0 Å². The first-order chi connectivity index (χ1) is 12.9. The summed E-state index contributed by atoms with van der Waals surface area (Å²) in [6.45, 7) is 4.91. The van der Waals surface area contributed by atoms with Crippen LogP contribution in [0.15, 0.2) is 47.6 Å². The van der Waals surface area contributed by atoms with Crippen molar-refractivity contribution in [3.63, 3.8) is 0 Å². The first-order valence-electron chi connectivity index (χ1n) is 8.31. The van der Waals surface area contributed by atoms with Crippen molar-refractivity contribution in [2.45, 2.75) is 20.3 Å². The molecule has 0 saturated carbocycles. The highest BCUT2D eigenvalue weighted by Crippen LogP contribution is 2.28. The maximum absolute atomic E-state index is 11.1. The van der Waals surface area contributed by atoms with Crippen molar-refractivity contribution in [1.29, 1.82) is 0 Å². The third-order valence-corrected chi connectivity index (χ3v) is 3.63. The second-order valence-electron chi connectivity index (χ2n) is 6.19. The molecule has 9 nitrogen and oxygen atoms in total. The minimum Gasteiger partial charge on any atom is -0.494 e. The molecule has 0 atom stereocenters. The Hall–Kier alpha value is -3.49. The Bertz CT molecular complexity index is 834. The van der Waals surface area contributed by atoms with Crippen molar-refractivity contribution in [3.05, 3.63) is 68.3 Å². The second kappa shape index (κ2) is 9.27. The van der Waals surface area contributed by atoms with Crippen LogP contribution < -0.4 is 10.2 Å². The molecule has 0 fully saturated rings. The van der Waals surface area contributed by atoms with Gasteiger partial charge < -0.3 is 4.74 Å². The van der Waals surface area contributed by atoms with E-state index in [0.717, 1.165) is 23.8 Å². The number of nitrogens with one attached hydrogen (secondary N) is 1. The molecule has 0 aliphatic heterocycles. The molecule has 27 heavy (non-hydrogen) atoms. The lowest BCUT2D eigenvalue weighted by molar-refractivity contribution is -0.393. The predicted molar refractivity (Wildman–Crippen MR) is 102 cm³/mol. The van der Waals surface area contributed by atoms with Gasteiger partial charge in [-0.15, -0.1) is 0 Å². The Morgan fingerprint density at radius 1 is 1.11 bits per heavy atom. The van der Waals surface area contributed by atoms with Crippen LogP contribution >= 0.6 is 0 Å². The fourth-order valence-electron chi connectivity index (χ4n) is 2.12. The second-order valence-corrected chi connectivity index (χ2v) is 6.19. The summed E-state index contributed by atoms with van der Waals surface area (Å²) in [4.78, 5) is 20.4. The number of ether oxygens (including phenoxy) is 1. The summed E-state index contributed by atoms with van der Waals surface area (Å²) in [5.41, 5.74) is 2.60. The highest BCUT2D eigenvalue weighted by molar-refractivity contribution is 5.80. The summed E-state index contributed by atoms with van der Waals surface area (Å²) in [6, 6.07) is 10.6. The average Bonchev–Trinajstić information content (AvgIpc) is 2.62. The minimum absolute atomic E-state index is 0.0653. The number of hydrogen-bond acceptors (Lipinski definition) is 7. The minimum atomic E-state index is -0.700. The van der Waals surface area contributed by atoms with Crippen molar-refractivity contribution in [2.24, 2.45) is 11.0 Å². The lowest BCUT2D eigenvalue weighted by Crippen LogP contribution is -2.01. The van der Waals surface area contributed by atoms with Crippen molar-refractivity contribution >= 4 is 23.3 Å². The lowest BCUT2D eigenvalue weighted by atomic mass is 10.1. The number of hydrazone groups is 1. The molecule has 0 unspecified atom stereocenters. The van der Waals surface area contributed by atoms with Crippen molar-refractivity contribution < 1.29 is 14.6 Å². The normalized spacial score (nSPS) is 10.9. The van der Waals surface area contributed by atoms with E-state index < -0.39 is 15.5 Å². The zero-order valence-electron chi connectivity index (χ0n) is 15.0. The molecule has 0 aromatic heterocycles. The summed E-state index contributed by atoms with van der Waals surface area (Å²) in [5.74, 6) is 1.33. The largest absolute Gasteiger partial charge is 0.494 e. The number of nitro benzene ring substituents is 2. The van der Waals surface area contributed by atoms with E-state index in [9.17, 15) is 20.2 Å². The van der Waals surface area contributed by atoms with Gasteiger partial charge >= 0.3 is 5.69 Å². The standard InChI is InChI=1S/C18H20N4O5/c1-13(2)9-10-27-16-6-3-14(4-7-16)12-19-20-17-8-5-15(21(23)24)11-18(17)22(25)26/h3-8,11-13,20H,9-10H2,1-2H3. The smallest absolute Gasteiger partial charge is 0.301 e. The van der Waals surface area contributed by atoms with Crippen LogP contribution in [0, 0.1) is 26.1 Å². The average molecular weight is 372 g/mol. The van der Waals surface area contributed by atoms with Crippen molar-refractivity contribution in [3.8, 4) is 5.75 Å². The third-order valence-electron chi connectivity index (χ3n) is 3.63. The van der Waals surface area contributed by atoms with Gasteiger partial charge in [0, 0.05) is 6.07 Å². The van der Waals surface area contributed by atoms with Gasteiger partial charge in [0.15, 0.2) is 0 Å². The van der Waals surface area contributed by atoms with Crippen LogP contribution in [0.3, 0.4) is 0 Å². The molecule has 2 rings (SSSR count). The van der Waals surface area contributed by atoms with E-state index in [4.69, 9.17) is 4.74 Å². The topological polar surface area (TPSA) is 120 Å². The Morgan fingerprint density at radius 2 is 1.81 bits per heavy atom. The van der Waals surface area contributed by atoms with Gasteiger partial charge in [-0.05, 0) is 48.2 Å². The predicted octanol–water partition coefficient (Wildman–Crippen LogP) is 4.37. The maximum atomic E-state index is 11.1. The Kier molecular flexibility index (Phi) is 6.81. The number of hydrogen-bond donors (Lipinski definition) is 1. The van der Waals surface area contributed by atoms with Gasteiger partial charge in [0.05, 0.1) is 28.7 Å². The molecule has 2 aromatic carbocycles. The van der Waals surface area contributed by atoms with Crippen molar-refractivity contribution in [2.75, 3.05) is 12.0 Å². The molecule has 9 heteroatoms. The molecule has 1 N–H and O–H groups in total. The molecule has 142 valence electrons. The van der Waals surface area contributed by atoms with Crippen LogP contribution in [-0.4, -0.2) is 22.7 Å². The van der Waals surface area contributed by atoms with E-state index in [1.54, 1.807) is 12.1 Å². The highest BCUT2D eigenvalue weighted by atomic mass is 16.6. The molecule has 0 heterocycles. The van der Waals surface area contributed by atoms with Crippen LogP contribution in [0.25, 0.3) is 0 Å². The Morgan fingerprint density at radius 3 is 2.41 bits per heavy atom. The van der Waals surface area contributed by atoms with E-state index in [2.05, 4.69) is 24.4 Å². The van der Waals surface area contributed by atoms with Gasteiger partial charge in [0.25, 0.3) is 5.69 Å². The SMILES string of the molecule is CC(C)CCOc1ccc(C=NNc2ccc([N+](=O)[O-])cc2[N+](=O)[O-])cc1. The van der Waals surface area contributed by atoms with Gasteiger partial charge in [-0.2, -0.15) is 5.10 Å². The number of benzene rings is 2. The molecular weight excluding hydrogens is 352 g/mol. The molecule has 0 aliphatic carbocycles. The number of nitrogens with zero attached hydrogens (tertiary/aromatic N) is 3. The van der Waals surface area contributed by atoms with E-state index in [1.165, 1.54) is 18.3 Å². The fraction of sp³-hybridized carbons (Fsp3) is 0.278. The summed E-state index contributed by atoms with van der Waals surface area (Å²) in [6.07, 6.45) is 2.46. The summed E-state index contributed by atoms with van der Waals surface area (Å²) >= 11 is 0. The Balaban J connectivity index is 2.00. The van der Waals surface area contributed by atoms with Gasteiger partial charge in [-0.1, -0.05) is 13.8 Å². The zero-order chi connectivity index (χ0) is 19.8. The van der Waals surface area contributed by atoms with Gasteiger partial charge in [0.2, 0.25) is 0 Å². The lowest BCUT2D eigenvalue weighted by Gasteiger charge is -2.08. The molecule has 0 saturated heterocycles. The fourth-order valence-corrected chi connectivity index (χ4v) is 2.12. The summed E-state index contributed by atoms with van der Waals surface area (Å²) in [5, 5.41) is 25.8. The number of rotatable bonds is 9. The quantitative estimate of drug-likeness (QED) is 0.396. The maximum Gasteiger partial charge on any atom is 0.301 e. The summed E-state index contributed by atoms with van der Waals surface area (Å²) < 4.78 is 5.63. The van der Waals surface area contributed by atoms with Gasteiger partial charge in [0.1, 0.15) is 11.4 Å². The first kappa shape index (κ1) is 19.8. The molecule has 0 bridgehead atoms. The van der Waals surface area contributed by atoms with Crippen LogP contribution in [0.5, 0.6) is 5.75 Å². The molecule has 2 aromatic rings. The summed E-state index contributed by atoms with van der Waals surface area (Å²) in [7, 11) is 0. The zero-order valence-corrected chi connectivity index (χ0v) is 15.0.